The van der Waals surface area contributed by atoms with Gasteiger partial charge in [0.25, 0.3) is 11.8 Å². The van der Waals surface area contributed by atoms with Crippen LogP contribution in [0.1, 0.15) is 12.5 Å². The molecular weight excluding hydrogens is 427 g/mol. The van der Waals surface area contributed by atoms with Crippen molar-refractivity contribution in [3.63, 3.8) is 0 Å². The van der Waals surface area contributed by atoms with E-state index >= 15 is 0 Å². The van der Waals surface area contributed by atoms with Gasteiger partial charge in [-0.05, 0) is 49.4 Å². The number of imide groups is 2. The fourth-order valence-corrected chi connectivity index (χ4v) is 3.31. The molecule has 28 heavy (non-hydrogen) atoms. The number of rotatable bonds is 4. The number of benzene rings is 2. The molecule has 9 heteroatoms. The van der Waals surface area contributed by atoms with Gasteiger partial charge in [0.2, 0.25) is 0 Å². The summed E-state index contributed by atoms with van der Waals surface area (Å²) in [6.45, 7) is 2.08. The summed E-state index contributed by atoms with van der Waals surface area (Å²) in [6.07, 6.45) is 1.29. The normalized spacial score (nSPS) is 15.8. The molecule has 6 nitrogen and oxygen atoms in total. The third-order valence-electron chi connectivity index (χ3n) is 3.81. The highest BCUT2D eigenvalue weighted by atomic mass is 35.5. The Morgan fingerprint density at radius 2 is 1.71 bits per heavy atom. The zero-order valence-corrected chi connectivity index (χ0v) is 16.7. The number of carbonyl (C=O) groups excluding carboxylic acids is 3. The third kappa shape index (κ3) is 3.99. The molecule has 4 amide bonds. The largest absolute Gasteiger partial charge is 0.492 e. The Bertz CT molecular complexity index is 1000. The summed E-state index contributed by atoms with van der Waals surface area (Å²) in [5, 5.41) is 3.12. The standard InChI is InChI=1S/C19H13Cl3N2O4/c1-2-28-16-10(7-12(21)9-15(16)22)8-14-17(25)23-19(27)24(18(14)26)13-5-3-11(20)4-6-13/h3-9H,2H2,1H3,(H,23,25,27)/b14-8+. The van der Waals surface area contributed by atoms with Crippen molar-refractivity contribution in [1.82, 2.24) is 5.32 Å². The van der Waals surface area contributed by atoms with Crippen molar-refractivity contribution in [3.8, 4) is 5.75 Å². The van der Waals surface area contributed by atoms with Crippen LogP contribution in [0.15, 0.2) is 42.0 Å². The summed E-state index contributed by atoms with van der Waals surface area (Å²) in [6, 6.07) is 8.19. The number of anilines is 1. The number of carbonyl (C=O) groups is 3. The van der Waals surface area contributed by atoms with Crippen molar-refractivity contribution in [3.05, 3.63) is 62.6 Å². The Labute approximate surface area is 175 Å². The minimum Gasteiger partial charge on any atom is -0.492 e. The second kappa shape index (κ2) is 8.22. The van der Waals surface area contributed by atoms with E-state index in [0.717, 1.165) is 4.90 Å². The molecule has 0 atom stereocenters. The van der Waals surface area contributed by atoms with E-state index in [-0.39, 0.29) is 22.0 Å². The van der Waals surface area contributed by atoms with Crippen LogP contribution in [0.2, 0.25) is 15.1 Å². The van der Waals surface area contributed by atoms with Gasteiger partial charge >= 0.3 is 6.03 Å². The zero-order valence-electron chi connectivity index (χ0n) is 14.5. The van der Waals surface area contributed by atoms with E-state index in [1.54, 1.807) is 6.92 Å². The quantitative estimate of drug-likeness (QED) is 0.553. The summed E-state index contributed by atoms with van der Waals surface area (Å²) in [5.41, 5.74) is 0.330. The number of ether oxygens (including phenoxy) is 1. The molecule has 0 aromatic heterocycles. The van der Waals surface area contributed by atoms with Gasteiger partial charge in [0.05, 0.1) is 17.3 Å². The summed E-state index contributed by atoms with van der Waals surface area (Å²) in [5.74, 6) is -1.36. The Kier molecular flexibility index (Phi) is 5.93. The van der Waals surface area contributed by atoms with Crippen LogP contribution < -0.4 is 15.0 Å². The number of urea groups is 1. The topological polar surface area (TPSA) is 75.7 Å². The van der Waals surface area contributed by atoms with Crippen LogP contribution in [-0.2, 0) is 9.59 Å². The molecular formula is C19H13Cl3N2O4. The Morgan fingerprint density at radius 1 is 1.04 bits per heavy atom. The fourth-order valence-electron chi connectivity index (χ4n) is 2.62. The van der Waals surface area contributed by atoms with Crippen molar-refractivity contribution in [2.45, 2.75) is 6.92 Å². The molecule has 2 aromatic rings. The van der Waals surface area contributed by atoms with Crippen LogP contribution >= 0.6 is 34.8 Å². The van der Waals surface area contributed by atoms with Gasteiger partial charge in [-0.3, -0.25) is 14.9 Å². The van der Waals surface area contributed by atoms with E-state index in [0.29, 0.717) is 22.2 Å². The first kappa shape index (κ1) is 20.2. The molecule has 1 aliphatic heterocycles. The Balaban J connectivity index is 2.08. The van der Waals surface area contributed by atoms with Crippen LogP contribution in [-0.4, -0.2) is 24.5 Å². The van der Waals surface area contributed by atoms with Crippen molar-refractivity contribution < 1.29 is 19.1 Å². The lowest BCUT2D eigenvalue weighted by molar-refractivity contribution is -0.122. The van der Waals surface area contributed by atoms with Gasteiger partial charge < -0.3 is 4.74 Å². The highest BCUT2D eigenvalue weighted by Gasteiger charge is 2.37. The van der Waals surface area contributed by atoms with Crippen molar-refractivity contribution >= 4 is 64.4 Å². The summed E-state index contributed by atoms with van der Waals surface area (Å²) in [4.78, 5) is 38.3. The predicted octanol–water partition coefficient (Wildman–Crippen LogP) is 4.71. The lowest BCUT2D eigenvalue weighted by Crippen LogP contribution is -2.54. The average molecular weight is 440 g/mol. The van der Waals surface area contributed by atoms with Crippen molar-refractivity contribution in [2.24, 2.45) is 0 Å². The number of hydrogen-bond acceptors (Lipinski definition) is 4. The molecule has 1 N–H and O–H groups in total. The number of amides is 4. The second-order valence-corrected chi connectivity index (χ2v) is 6.95. The molecule has 0 bridgehead atoms. The van der Waals surface area contributed by atoms with E-state index in [2.05, 4.69) is 5.32 Å². The predicted molar refractivity (Wildman–Crippen MR) is 108 cm³/mol. The number of nitrogens with zero attached hydrogens (tertiary/aromatic N) is 1. The number of halogens is 3. The summed E-state index contributed by atoms with van der Waals surface area (Å²) in [7, 11) is 0. The molecule has 1 heterocycles. The molecule has 0 aliphatic carbocycles. The number of nitrogens with one attached hydrogen (secondary N) is 1. The van der Waals surface area contributed by atoms with Crippen LogP contribution in [0, 0.1) is 0 Å². The zero-order chi connectivity index (χ0) is 20.4. The second-order valence-electron chi connectivity index (χ2n) is 5.67. The van der Waals surface area contributed by atoms with E-state index in [4.69, 9.17) is 39.5 Å². The summed E-state index contributed by atoms with van der Waals surface area (Å²) >= 11 is 18.1. The van der Waals surface area contributed by atoms with Gasteiger partial charge in [-0.1, -0.05) is 34.8 Å². The van der Waals surface area contributed by atoms with Crippen LogP contribution in [0.4, 0.5) is 10.5 Å². The van der Waals surface area contributed by atoms with Gasteiger partial charge in [0.1, 0.15) is 11.3 Å². The van der Waals surface area contributed by atoms with Crippen LogP contribution in [0.5, 0.6) is 5.75 Å². The first-order chi connectivity index (χ1) is 13.3. The van der Waals surface area contributed by atoms with E-state index in [1.165, 1.54) is 42.5 Å². The molecule has 0 unspecified atom stereocenters. The highest BCUT2D eigenvalue weighted by Crippen LogP contribution is 2.34. The first-order valence-electron chi connectivity index (χ1n) is 8.10. The molecule has 1 fully saturated rings. The lowest BCUT2D eigenvalue weighted by atomic mass is 10.1. The van der Waals surface area contributed by atoms with Gasteiger partial charge in [0.15, 0.2) is 0 Å². The maximum atomic E-state index is 12.9. The molecule has 1 aliphatic rings. The van der Waals surface area contributed by atoms with E-state index < -0.39 is 17.8 Å². The molecule has 1 saturated heterocycles. The number of barbiturate groups is 1. The highest BCUT2D eigenvalue weighted by molar-refractivity contribution is 6.40. The van der Waals surface area contributed by atoms with E-state index in [1.807, 2.05) is 0 Å². The van der Waals surface area contributed by atoms with E-state index in [9.17, 15) is 14.4 Å². The molecule has 144 valence electrons. The first-order valence-corrected chi connectivity index (χ1v) is 9.24. The van der Waals surface area contributed by atoms with Gasteiger partial charge in [-0.2, -0.15) is 0 Å². The third-order valence-corrected chi connectivity index (χ3v) is 4.56. The lowest BCUT2D eigenvalue weighted by Gasteiger charge is -2.26. The molecule has 0 spiro atoms. The average Bonchev–Trinajstić information content (AvgIpc) is 2.62. The van der Waals surface area contributed by atoms with Crippen LogP contribution in [0.25, 0.3) is 6.08 Å². The van der Waals surface area contributed by atoms with Gasteiger partial charge in [0, 0.05) is 15.6 Å². The van der Waals surface area contributed by atoms with Gasteiger partial charge in [-0.15, -0.1) is 0 Å². The SMILES string of the molecule is CCOc1c(Cl)cc(Cl)cc1/C=C1\C(=O)NC(=O)N(c2ccc(Cl)cc2)C1=O. The van der Waals surface area contributed by atoms with Crippen LogP contribution in [0.3, 0.4) is 0 Å². The summed E-state index contributed by atoms with van der Waals surface area (Å²) < 4.78 is 5.51. The van der Waals surface area contributed by atoms with Crippen molar-refractivity contribution in [1.29, 1.82) is 0 Å². The Morgan fingerprint density at radius 3 is 2.36 bits per heavy atom. The number of hydrogen-bond donors (Lipinski definition) is 1. The minimum atomic E-state index is -0.858. The minimum absolute atomic E-state index is 0.232. The maximum Gasteiger partial charge on any atom is 0.335 e. The fraction of sp³-hybridized carbons (Fsp3) is 0.105. The molecule has 0 saturated carbocycles. The Hall–Kier alpha value is -2.54. The van der Waals surface area contributed by atoms with Crippen molar-refractivity contribution in [2.75, 3.05) is 11.5 Å². The smallest absolute Gasteiger partial charge is 0.335 e. The molecule has 3 rings (SSSR count). The maximum absolute atomic E-state index is 12.9. The molecule has 0 radical (unpaired) electrons. The molecule has 2 aromatic carbocycles. The monoisotopic (exact) mass is 438 g/mol. The van der Waals surface area contributed by atoms with Gasteiger partial charge in [-0.25, -0.2) is 9.69 Å².